The number of carbonyl (C=O) groups excluding carboxylic acids is 4. The van der Waals surface area contributed by atoms with Crippen molar-refractivity contribution in [2.45, 2.75) is 44.7 Å². The van der Waals surface area contributed by atoms with Crippen molar-refractivity contribution in [3.8, 4) is 0 Å². The van der Waals surface area contributed by atoms with Gasteiger partial charge in [0, 0.05) is 25.6 Å². The zero-order valence-electron chi connectivity index (χ0n) is 19.4. The first-order valence-corrected chi connectivity index (χ1v) is 11.1. The summed E-state index contributed by atoms with van der Waals surface area (Å²) in [7, 11) is 0. The maximum Gasteiger partial charge on any atom is 0.246 e. The average Bonchev–Trinajstić information content (AvgIpc) is 2.79. The van der Waals surface area contributed by atoms with Crippen molar-refractivity contribution in [2.75, 3.05) is 59.3 Å². The van der Waals surface area contributed by atoms with Gasteiger partial charge in [0.2, 0.25) is 23.6 Å². The molecule has 2 atom stereocenters. The van der Waals surface area contributed by atoms with Crippen LogP contribution in [0.3, 0.4) is 0 Å². The summed E-state index contributed by atoms with van der Waals surface area (Å²) in [6.07, 6.45) is 2.50. The maximum absolute atomic E-state index is 11.9. The van der Waals surface area contributed by atoms with Crippen LogP contribution < -0.4 is 33.2 Å². The van der Waals surface area contributed by atoms with Gasteiger partial charge in [-0.15, -0.1) is 0 Å². The van der Waals surface area contributed by atoms with Gasteiger partial charge in [-0.3, -0.25) is 19.2 Å². The Labute approximate surface area is 194 Å². The Bertz CT molecular complexity index is 579. The monoisotopic (exact) mass is 476 g/mol. The lowest BCUT2D eigenvalue weighted by Crippen LogP contribution is -2.51. The van der Waals surface area contributed by atoms with Gasteiger partial charge in [-0.25, -0.2) is 0 Å². The number of nitrogens with two attached hydrogens (primary N) is 3. The molecule has 0 aromatic heterocycles. The number of nitrogens with one attached hydrogen (secondary N) is 3. The van der Waals surface area contributed by atoms with E-state index < -0.39 is 29.8 Å². The lowest BCUT2D eigenvalue weighted by Gasteiger charge is -2.18. The van der Waals surface area contributed by atoms with Gasteiger partial charge in [0.15, 0.2) is 0 Å². The van der Waals surface area contributed by atoms with E-state index in [-0.39, 0.29) is 45.2 Å². The molecule has 0 aromatic carbocycles. The third kappa shape index (κ3) is 18.9. The number of rotatable bonds is 21. The molecule has 192 valence electrons. The van der Waals surface area contributed by atoms with Gasteiger partial charge in [-0.2, -0.15) is 0 Å². The first-order valence-electron chi connectivity index (χ1n) is 11.1. The van der Waals surface area contributed by atoms with Crippen molar-refractivity contribution >= 4 is 23.6 Å². The minimum Gasteiger partial charge on any atom is -0.377 e. The predicted molar refractivity (Wildman–Crippen MR) is 121 cm³/mol. The van der Waals surface area contributed by atoms with Crippen molar-refractivity contribution in [3.63, 3.8) is 0 Å². The van der Waals surface area contributed by atoms with Gasteiger partial charge >= 0.3 is 0 Å². The van der Waals surface area contributed by atoms with Gasteiger partial charge in [-0.1, -0.05) is 13.3 Å². The fourth-order valence-electron chi connectivity index (χ4n) is 2.41. The van der Waals surface area contributed by atoms with Crippen LogP contribution in [0.1, 0.15) is 32.6 Å². The van der Waals surface area contributed by atoms with Crippen LogP contribution in [0.4, 0.5) is 0 Å². The molecule has 13 nitrogen and oxygen atoms in total. The predicted octanol–water partition coefficient (Wildman–Crippen LogP) is -2.89. The largest absolute Gasteiger partial charge is 0.377 e. The van der Waals surface area contributed by atoms with Gasteiger partial charge in [0.1, 0.15) is 12.6 Å². The van der Waals surface area contributed by atoms with Crippen molar-refractivity contribution in [1.82, 2.24) is 16.0 Å². The van der Waals surface area contributed by atoms with Crippen LogP contribution >= 0.6 is 0 Å². The molecule has 0 radical (unpaired) electrons. The Balaban J connectivity index is 3.64. The molecule has 4 amide bonds. The minimum absolute atomic E-state index is 0.0283. The van der Waals surface area contributed by atoms with E-state index in [2.05, 4.69) is 16.0 Å². The lowest BCUT2D eigenvalue weighted by atomic mass is 10.1. The summed E-state index contributed by atoms with van der Waals surface area (Å²) in [5, 5.41) is 7.54. The molecule has 0 aromatic rings. The summed E-state index contributed by atoms with van der Waals surface area (Å²) in [5.41, 5.74) is 16.3. The van der Waals surface area contributed by atoms with Crippen molar-refractivity contribution in [1.29, 1.82) is 0 Å². The van der Waals surface area contributed by atoms with Crippen LogP contribution in [0, 0.1) is 0 Å². The summed E-state index contributed by atoms with van der Waals surface area (Å²) in [6.45, 7) is 3.65. The molecule has 0 aliphatic carbocycles. The van der Waals surface area contributed by atoms with E-state index in [1.54, 1.807) is 0 Å². The molecule has 0 aliphatic heterocycles. The van der Waals surface area contributed by atoms with Gasteiger partial charge in [-0.05, 0) is 12.8 Å². The number of ether oxygens (including phenoxy) is 3. The second kappa shape index (κ2) is 20.3. The van der Waals surface area contributed by atoms with Crippen LogP contribution in [0.5, 0.6) is 0 Å². The molecule has 0 aliphatic rings. The lowest BCUT2D eigenvalue weighted by molar-refractivity contribution is -0.130. The highest BCUT2D eigenvalue weighted by Crippen LogP contribution is 1.95. The molecule has 9 N–H and O–H groups in total. The van der Waals surface area contributed by atoms with Crippen LogP contribution in [0.25, 0.3) is 0 Å². The van der Waals surface area contributed by atoms with E-state index in [4.69, 9.17) is 31.4 Å². The summed E-state index contributed by atoms with van der Waals surface area (Å²) < 4.78 is 15.8. The zero-order valence-corrected chi connectivity index (χ0v) is 19.4. The number of carbonyl (C=O) groups is 4. The average molecular weight is 477 g/mol. The molecule has 0 saturated heterocycles. The van der Waals surface area contributed by atoms with E-state index in [0.717, 1.165) is 12.8 Å². The highest BCUT2D eigenvalue weighted by Gasteiger charge is 2.20. The van der Waals surface area contributed by atoms with E-state index in [1.165, 1.54) is 0 Å². The number of hydrogen-bond acceptors (Lipinski definition) is 9. The molecule has 0 bridgehead atoms. The first kappa shape index (κ1) is 30.7. The fourth-order valence-corrected chi connectivity index (χ4v) is 2.41. The molecule has 13 heteroatoms. The third-order valence-electron chi connectivity index (χ3n) is 4.27. The second-order valence-electron chi connectivity index (χ2n) is 7.26. The summed E-state index contributed by atoms with van der Waals surface area (Å²) >= 11 is 0. The smallest absolute Gasteiger partial charge is 0.246 e. The van der Waals surface area contributed by atoms with Crippen LogP contribution in [-0.4, -0.2) is 95.0 Å². The molecule has 0 fully saturated rings. The highest BCUT2D eigenvalue weighted by molar-refractivity contribution is 5.89. The molecule has 0 heterocycles. The third-order valence-corrected chi connectivity index (χ3v) is 4.27. The second-order valence-corrected chi connectivity index (χ2v) is 7.26. The molecule has 33 heavy (non-hydrogen) atoms. The summed E-state index contributed by atoms with van der Waals surface area (Å²) in [4.78, 5) is 46.3. The molecule has 1 unspecified atom stereocenters. The Morgan fingerprint density at radius 1 is 0.879 bits per heavy atom. The number of primary amides is 1. The van der Waals surface area contributed by atoms with E-state index in [0.29, 0.717) is 32.8 Å². The minimum atomic E-state index is -0.963. The number of hydrogen-bond donors (Lipinski definition) is 6. The van der Waals surface area contributed by atoms with Crippen molar-refractivity contribution in [2.24, 2.45) is 17.2 Å². The van der Waals surface area contributed by atoms with E-state index >= 15 is 0 Å². The zero-order chi connectivity index (χ0) is 24.9. The Morgan fingerprint density at radius 3 is 2.12 bits per heavy atom. The Morgan fingerprint density at radius 2 is 1.52 bits per heavy atom. The number of amides is 4. The van der Waals surface area contributed by atoms with Crippen LogP contribution in [0.15, 0.2) is 0 Å². The maximum atomic E-state index is 11.9. The van der Waals surface area contributed by atoms with Crippen molar-refractivity contribution < 1.29 is 33.4 Å². The Kier molecular flexibility index (Phi) is 18.9. The molecule has 0 rings (SSSR count). The summed E-state index contributed by atoms with van der Waals surface area (Å²) in [6, 6.07) is -1.45. The fraction of sp³-hybridized carbons (Fsp3) is 0.800. The van der Waals surface area contributed by atoms with Gasteiger partial charge in [0.05, 0.1) is 39.6 Å². The molecule has 0 saturated carbocycles. The van der Waals surface area contributed by atoms with E-state index in [9.17, 15) is 19.2 Å². The highest BCUT2D eigenvalue weighted by atomic mass is 16.5. The molecule has 0 spiro atoms. The quantitative estimate of drug-likeness (QED) is 0.0937. The van der Waals surface area contributed by atoms with Crippen LogP contribution in [0.2, 0.25) is 0 Å². The summed E-state index contributed by atoms with van der Waals surface area (Å²) in [5.74, 6) is -1.79. The van der Waals surface area contributed by atoms with Crippen LogP contribution in [-0.2, 0) is 33.4 Å². The SMILES string of the molecule is CCCCC(=O)NCCOCCOCCOCC(=O)NCC(=O)N[C@@H](CC(N)CN)C(N)=O. The van der Waals surface area contributed by atoms with Crippen molar-refractivity contribution in [3.05, 3.63) is 0 Å². The standard InChI is InChI=1S/C20H40N6O7/c1-2-3-4-17(27)24-5-6-31-7-8-32-9-10-33-14-19(29)25-13-18(28)26-16(20(23)30)11-15(22)12-21/h15-16H,2-14,21-22H2,1H3,(H2,23,30)(H,24,27)(H,25,29)(H,26,28)/t15?,16-/m0/s1. The molecular weight excluding hydrogens is 436 g/mol. The normalized spacial score (nSPS) is 12.6. The number of unbranched alkanes of at least 4 members (excludes halogenated alkanes) is 1. The van der Waals surface area contributed by atoms with Gasteiger partial charge < -0.3 is 47.4 Å². The van der Waals surface area contributed by atoms with E-state index in [1.807, 2.05) is 6.92 Å². The molecular formula is C20H40N6O7. The first-order chi connectivity index (χ1) is 15.8. The van der Waals surface area contributed by atoms with Gasteiger partial charge in [0.25, 0.3) is 0 Å². The Hall–Kier alpha value is -2.32. The topological polar surface area (TPSA) is 210 Å².